The van der Waals surface area contributed by atoms with Crippen LogP contribution >= 0.6 is 0 Å². The van der Waals surface area contributed by atoms with Crippen molar-refractivity contribution in [3.63, 3.8) is 0 Å². The Labute approximate surface area is 150 Å². The number of aromatic amines is 1. The molecule has 5 atom stereocenters. The molecule has 2 aromatic heterocycles. The van der Waals surface area contributed by atoms with Gasteiger partial charge in [0.05, 0.1) is 11.7 Å². The van der Waals surface area contributed by atoms with Crippen molar-refractivity contribution in [3.8, 4) is 0 Å². The number of aliphatic hydroxyl groups excluding tert-OH is 2. The van der Waals surface area contributed by atoms with Crippen LogP contribution < -0.4 is 16.6 Å². The van der Waals surface area contributed by atoms with Gasteiger partial charge < -0.3 is 25.3 Å². The molecule has 142 valence electrons. The van der Waals surface area contributed by atoms with E-state index in [9.17, 15) is 29.0 Å². The van der Waals surface area contributed by atoms with Gasteiger partial charge in [0.1, 0.15) is 17.5 Å². The maximum absolute atomic E-state index is 14.3. The summed E-state index contributed by atoms with van der Waals surface area (Å²) in [7, 11) is 0. The second kappa shape index (κ2) is 6.08. The number of hydrogen-bond acceptors (Lipinski definition) is 7. The van der Waals surface area contributed by atoms with Gasteiger partial charge in [0.2, 0.25) is 5.56 Å². The third-order valence-electron chi connectivity index (χ3n) is 4.72. The molecule has 2 aliphatic rings. The van der Waals surface area contributed by atoms with E-state index >= 15 is 0 Å². The van der Waals surface area contributed by atoms with Crippen molar-refractivity contribution < 1.29 is 24.1 Å². The molecule has 11 heteroatoms. The average Bonchev–Trinajstić information content (AvgIpc) is 3.23. The van der Waals surface area contributed by atoms with Gasteiger partial charge in [-0.2, -0.15) is 4.98 Å². The summed E-state index contributed by atoms with van der Waals surface area (Å²) in [5.74, 6) is -0.686. The third kappa shape index (κ3) is 2.85. The predicted molar refractivity (Wildman–Crippen MR) is 87.9 cm³/mol. The normalized spacial score (nSPS) is 31.8. The summed E-state index contributed by atoms with van der Waals surface area (Å²) >= 11 is 0. The van der Waals surface area contributed by atoms with E-state index in [-0.39, 0.29) is 23.4 Å². The van der Waals surface area contributed by atoms with Crippen molar-refractivity contribution in [2.75, 3.05) is 5.32 Å². The van der Waals surface area contributed by atoms with Gasteiger partial charge in [-0.3, -0.25) is 14.2 Å². The fourth-order valence-electron chi connectivity index (χ4n) is 3.10. The molecule has 0 aromatic carbocycles. The average molecular weight is 378 g/mol. The zero-order chi connectivity index (χ0) is 19.3. The summed E-state index contributed by atoms with van der Waals surface area (Å²) in [4.78, 5) is 41.3. The van der Waals surface area contributed by atoms with Gasteiger partial charge in [-0.1, -0.05) is 0 Å². The van der Waals surface area contributed by atoms with Gasteiger partial charge >= 0.3 is 5.69 Å². The Morgan fingerprint density at radius 2 is 2.11 bits per heavy atom. The van der Waals surface area contributed by atoms with E-state index in [2.05, 4.69) is 15.3 Å². The number of rotatable bonds is 3. The molecular formula is C16H15FN4O6. The van der Waals surface area contributed by atoms with Crippen LogP contribution in [0.25, 0.3) is 0 Å². The summed E-state index contributed by atoms with van der Waals surface area (Å²) in [5.41, 5.74) is -2.51. The number of anilines is 1. The van der Waals surface area contributed by atoms with E-state index in [0.29, 0.717) is 0 Å². The minimum Gasteiger partial charge on any atom is -0.390 e. The number of H-pyrrole nitrogens is 1. The number of carbonyl (C=O) groups is 1. The van der Waals surface area contributed by atoms with E-state index < -0.39 is 41.8 Å². The number of halogens is 1. The fourth-order valence-corrected chi connectivity index (χ4v) is 3.10. The molecular weight excluding hydrogens is 363 g/mol. The number of ether oxygens (including phenoxy) is 1. The van der Waals surface area contributed by atoms with Crippen LogP contribution in [0.4, 0.5) is 10.2 Å². The first kappa shape index (κ1) is 17.5. The molecule has 0 radical (unpaired) electrons. The summed E-state index contributed by atoms with van der Waals surface area (Å²) < 4.78 is 20.6. The van der Waals surface area contributed by atoms with Gasteiger partial charge in [0, 0.05) is 24.9 Å². The number of carbonyl (C=O) groups excluding carboxylic acids is 1. The first-order chi connectivity index (χ1) is 12.8. The molecule has 0 bridgehead atoms. The molecule has 3 heterocycles. The Bertz CT molecular complexity index is 1000. The highest BCUT2D eigenvalue weighted by molar-refractivity contribution is 6.03. The molecule has 1 aliphatic carbocycles. The molecule has 2 fully saturated rings. The molecule has 4 N–H and O–H groups in total. The molecule has 27 heavy (non-hydrogen) atoms. The van der Waals surface area contributed by atoms with E-state index in [1.165, 1.54) is 30.6 Å². The quantitative estimate of drug-likeness (QED) is 0.531. The number of hydrogen-bond donors (Lipinski definition) is 4. The highest BCUT2D eigenvalue weighted by Crippen LogP contribution is 2.53. The van der Waals surface area contributed by atoms with Crippen LogP contribution in [0.5, 0.6) is 0 Å². The number of alkyl halides is 1. The van der Waals surface area contributed by atoms with Gasteiger partial charge in [-0.25, -0.2) is 9.18 Å². The van der Waals surface area contributed by atoms with Crippen LogP contribution in [0.2, 0.25) is 0 Å². The first-order valence-electron chi connectivity index (χ1n) is 8.09. The van der Waals surface area contributed by atoms with Crippen molar-refractivity contribution in [2.24, 2.45) is 0 Å². The minimum atomic E-state index is -1.91. The zero-order valence-corrected chi connectivity index (χ0v) is 13.7. The number of nitrogens with zero attached hydrogens (tertiary/aromatic N) is 2. The molecule has 1 spiro atoms. The Morgan fingerprint density at radius 1 is 1.37 bits per heavy atom. The minimum absolute atomic E-state index is 0.0810. The monoisotopic (exact) mass is 378 g/mol. The Kier molecular flexibility index (Phi) is 3.94. The van der Waals surface area contributed by atoms with Crippen molar-refractivity contribution >= 4 is 11.7 Å². The summed E-state index contributed by atoms with van der Waals surface area (Å²) in [5, 5.41) is 21.9. The summed E-state index contributed by atoms with van der Waals surface area (Å²) in [6.07, 6.45) is -3.42. The summed E-state index contributed by atoms with van der Waals surface area (Å²) in [6.45, 7) is 0. The van der Waals surface area contributed by atoms with Crippen LogP contribution in [0, 0.1) is 0 Å². The largest absolute Gasteiger partial charge is 0.390 e. The highest BCUT2D eigenvalue weighted by Gasteiger charge is 2.69. The van der Waals surface area contributed by atoms with E-state index in [1.807, 2.05) is 0 Å². The van der Waals surface area contributed by atoms with Crippen molar-refractivity contribution in [1.82, 2.24) is 14.5 Å². The highest BCUT2D eigenvalue weighted by atomic mass is 19.1. The molecule has 2 aromatic rings. The topological polar surface area (TPSA) is 147 Å². The number of amides is 1. The number of pyridine rings is 1. The molecule has 1 amide bonds. The van der Waals surface area contributed by atoms with Gasteiger partial charge in [-0.05, 0) is 12.1 Å². The van der Waals surface area contributed by atoms with Crippen molar-refractivity contribution in [1.29, 1.82) is 0 Å². The SMILES string of the molecule is O=C(Nc1ccn([C@@H]2OC3(CC3O)[C@@H](O)[C@H]2F)c(=O)n1)c1ccc(=O)[nH]c1. The Hall–Kier alpha value is -2.89. The van der Waals surface area contributed by atoms with Crippen molar-refractivity contribution in [3.05, 3.63) is 57.0 Å². The smallest absolute Gasteiger partial charge is 0.351 e. The molecule has 10 nitrogen and oxygen atoms in total. The standard InChI is InChI=1S/C16H15FN4O6/c17-11-12(24)16(5-8(16)22)27-14(11)21-4-3-9(20-15(21)26)19-13(25)7-1-2-10(23)18-6-7/h1-4,6,8,11-12,14,22,24H,5H2,(H,18,23)(H,19,20,25,26)/t8?,11-,12+,14-,16?/m1/s1. The maximum atomic E-state index is 14.3. The van der Waals surface area contributed by atoms with Crippen LogP contribution in [0.1, 0.15) is 23.0 Å². The number of aromatic nitrogens is 3. The van der Waals surface area contributed by atoms with Gasteiger partial charge in [0.25, 0.3) is 5.91 Å². The lowest BCUT2D eigenvalue weighted by Gasteiger charge is -2.16. The lowest BCUT2D eigenvalue weighted by molar-refractivity contribution is -0.0629. The third-order valence-corrected chi connectivity index (χ3v) is 4.72. The van der Waals surface area contributed by atoms with Crippen LogP contribution in [0.15, 0.2) is 40.2 Å². The van der Waals surface area contributed by atoms with E-state index in [4.69, 9.17) is 4.74 Å². The number of aliphatic hydroxyl groups is 2. The first-order valence-corrected chi connectivity index (χ1v) is 8.09. The summed E-state index contributed by atoms with van der Waals surface area (Å²) in [6, 6.07) is 3.74. The predicted octanol–water partition coefficient (Wildman–Crippen LogP) is -1.08. The zero-order valence-electron chi connectivity index (χ0n) is 13.7. The molecule has 1 saturated carbocycles. The van der Waals surface area contributed by atoms with Gasteiger partial charge in [0.15, 0.2) is 12.4 Å². The molecule has 4 rings (SSSR count). The van der Waals surface area contributed by atoms with E-state index in [0.717, 1.165) is 4.57 Å². The second-order valence-electron chi connectivity index (χ2n) is 6.47. The van der Waals surface area contributed by atoms with Gasteiger partial charge in [-0.15, -0.1) is 0 Å². The van der Waals surface area contributed by atoms with Crippen molar-refractivity contribution in [2.45, 2.75) is 36.6 Å². The Morgan fingerprint density at radius 3 is 2.67 bits per heavy atom. The maximum Gasteiger partial charge on any atom is 0.351 e. The fraction of sp³-hybridized carbons (Fsp3) is 0.375. The molecule has 1 aliphatic heterocycles. The van der Waals surface area contributed by atoms with Crippen LogP contribution in [-0.4, -0.2) is 54.6 Å². The second-order valence-corrected chi connectivity index (χ2v) is 6.47. The molecule has 2 unspecified atom stereocenters. The number of nitrogens with one attached hydrogen (secondary N) is 2. The van der Waals surface area contributed by atoms with E-state index in [1.54, 1.807) is 0 Å². The lowest BCUT2D eigenvalue weighted by atomic mass is 10.1. The lowest BCUT2D eigenvalue weighted by Crippen LogP contribution is -2.34. The Balaban J connectivity index is 1.53. The molecule has 1 saturated heterocycles. The van der Waals surface area contributed by atoms with Crippen LogP contribution in [0.3, 0.4) is 0 Å². The van der Waals surface area contributed by atoms with Crippen LogP contribution in [-0.2, 0) is 4.74 Å².